The molecule has 0 radical (unpaired) electrons. The SMILES string of the molecule is COc1cc(Br)c(Oc2ccc(Br)cc2CCl)cc1Br. The van der Waals surface area contributed by atoms with Crippen molar-refractivity contribution in [2.75, 3.05) is 7.11 Å². The zero-order valence-electron chi connectivity index (χ0n) is 10.4. The van der Waals surface area contributed by atoms with Crippen molar-refractivity contribution in [1.82, 2.24) is 0 Å². The molecule has 0 aromatic heterocycles. The summed E-state index contributed by atoms with van der Waals surface area (Å²) in [6.45, 7) is 0. The van der Waals surface area contributed by atoms with Gasteiger partial charge in [0.2, 0.25) is 0 Å². The second kappa shape index (κ2) is 7.16. The summed E-state index contributed by atoms with van der Waals surface area (Å²) < 4.78 is 13.8. The van der Waals surface area contributed by atoms with E-state index in [0.717, 1.165) is 30.5 Å². The van der Waals surface area contributed by atoms with Crippen molar-refractivity contribution in [1.29, 1.82) is 0 Å². The van der Waals surface area contributed by atoms with Crippen molar-refractivity contribution in [2.24, 2.45) is 0 Å². The van der Waals surface area contributed by atoms with Crippen molar-refractivity contribution < 1.29 is 9.47 Å². The number of benzene rings is 2. The summed E-state index contributed by atoms with van der Waals surface area (Å²) in [5.41, 5.74) is 0.917. The molecule has 0 amide bonds. The Morgan fingerprint density at radius 3 is 2.25 bits per heavy atom. The van der Waals surface area contributed by atoms with Gasteiger partial charge in [-0.15, -0.1) is 11.6 Å². The lowest BCUT2D eigenvalue weighted by molar-refractivity contribution is 0.409. The average Bonchev–Trinajstić information content (AvgIpc) is 2.44. The zero-order valence-corrected chi connectivity index (χ0v) is 15.9. The molecule has 0 atom stereocenters. The van der Waals surface area contributed by atoms with Crippen LogP contribution in [0.3, 0.4) is 0 Å². The molecule has 0 aliphatic carbocycles. The van der Waals surface area contributed by atoms with Gasteiger partial charge in [0.1, 0.15) is 17.2 Å². The van der Waals surface area contributed by atoms with E-state index in [0.29, 0.717) is 11.6 Å². The van der Waals surface area contributed by atoms with Crippen molar-refractivity contribution in [3.05, 3.63) is 49.3 Å². The van der Waals surface area contributed by atoms with Gasteiger partial charge >= 0.3 is 0 Å². The fourth-order valence-corrected chi connectivity index (χ4v) is 3.12. The normalized spacial score (nSPS) is 10.4. The molecule has 2 aromatic carbocycles. The van der Waals surface area contributed by atoms with E-state index in [1.54, 1.807) is 7.11 Å². The predicted molar refractivity (Wildman–Crippen MR) is 92.2 cm³/mol. The molecule has 0 spiro atoms. The molecule has 0 heterocycles. The van der Waals surface area contributed by atoms with E-state index in [9.17, 15) is 0 Å². The predicted octanol–water partition coefficient (Wildman–Crippen LogP) is 6.51. The number of hydrogen-bond acceptors (Lipinski definition) is 2. The fourth-order valence-electron chi connectivity index (χ4n) is 1.62. The van der Waals surface area contributed by atoms with E-state index in [2.05, 4.69) is 47.8 Å². The maximum absolute atomic E-state index is 5.95. The lowest BCUT2D eigenvalue weighted by Gasteiger charge is -2.13. The highest BCUT2D eigenvalue weighted by molar-refractivity contribution is 9.11. The topological polar surface area (TPSA) is 18.5 Å². The molecule has 106 valence electrons. The van der Waals surface area contributed by atoms with E-state index in [1.165, 1.54) is 0 Å². The third-order valence-corrected chi connectivity index (χ3v) is 4.61. The maximum atomic E-state index is 5.95. The Bertz CT molecular complexity index is 632. The van der Waals surface area contributed by atoms with Crippen LogP contribution in [-0.2, 0) is 5.88 Å². The van der Waals surface area contributed by atoms with Gasteiger partial charge in [-0.3, -0.25) is 0 Å². The quantitative estimate of drug-likeness (QED) is 0.460. The highest BCUT2D eigenvalue weighted by Crippen LogP contribution is 2.39. The number of alkyl halides is 1. The summed E-state index contributed by atoms with van der Waals surface area (Å²) in [5.74, 6) is 2.52. The number of ether oxygens (including phenoxy) is 2. The van der Waals surface area contributed by atoms with Crippen LogP contribution in [0, 0.1) is 0 Å². The molecule has 0 fully saturated rings. The van der Waals surface area contributed by atoms with E-state index in [1.807, 2.05) is 30.3 Å². The first-order valence-electron chi connectivity index (χ1n) is 5.60. The van der Waals surface area contributed by atoms with Crippen LogP contribution in [0.15, 0.2) is 43.7 Å². The molecule has 0 unspecified atom stereocenters. The molecule has 2 rings (SSSR count). The standard InChI is InChI=1S/C14H10Br3ClO2/c1-19-13-5-11(17)14(6-10(13)16)20-12-3-2-9(15)4-8(12)7-18/h2-6H,7H2,1H3. The minimum absolute atomic E-state index is 0.379. The molecule has 0 aliphatic rings. The van der Waals surface area contributed by atoms with Gasteiger partial charge < -0.3 is 9.47 Å². The summed E-state index contributed by atoms with van der Waals surface area (Å²) in [7, 11) is 1.62. The Balaban J connectivity index is 2.37. The Labute approximate surface area is 147 Å². The third-order valence-electron chi connectivity index (χ3n) is 2.59. The smallest absolute Gasteiger partial charge is 0.143 e. The molecular weight excluding hydrogens is 475 g/mol. The molecule has 2 nitrogen and oxygen atoms in total. The van der Waals surface area contributed by atoms with Crippen molar-refractivity contribution in [3.8, 4) is 17.2 Å². The molecule has 0 N–H and O–H groups in total. The van der Waals surface area contributed by atoms with Crippen LogP contribution in [0.2, 0.25) is 0 Å². The zero-order chi connectivity index (χ0) is 14.7. The first-order chi connectivity index (χ1) is 9.55. The van der Waals surface area contributed by atoms with Crippen LogP contribution in [0.1, 0.15) is 5.56 Å². The summed E-state index contributed by atoms with van der Waals surface area (Å²) in [5, 5.41) is 0. The molecule has 2 aromatic rings. The van der Waals surface area contributed by atoms with Gasteiger partial charge in [-0.2, -0.15) is 0 Å². The van der Waals surface area contributed by atoms with Crippen LogP contribution in [0.25, 0.3) is 0 Å². The van der Waals surface area contributed by atoms with Crippen LogP contribution in [0.5, 0.6) is 17.2 Å². The lowest BCUT2D eigenvalue weighted by Crippen LogP contribution is -1.92. The fraction of sp³-hybridized carbons (Fsp3) is 0.143. The largest absolute Gasteiger partial charge is 0.496 e. The van der Waals surface area contributed by atoms with Gasteiger partial charge in [0.15, 0.2) is 0 Å². The molecule has 0 bridgehead atoms. The van der Waals surface area contributed by atoms with E-state index < -0.39 is 0 Å². The third kappa shape index (κ3) is 3.70. The van der Waals surface area contributed by atoms with Crippen LogP contribution >= 0.6 is 59.4 Å². The first-order valence-corrected chi connectivity index (χ1v) is 8.51. The van der Waals surface area contributed by atoms with Gasteiger partial charge in [0, 0.05) is 10.0 Å². The molecule has 6 heteroatoms. The minimum atomic E-state index is 0.379. The van der Waals surface area contributed by atoms with Gasteiger partial charge in [-0.25, -0.2) is 0 Å². The van der Waals surface area contributed by atoms with Gasteiger partial charge in [0.25, 0.3) is 0 Å². The summed E-state index contributed by atoms with van der Waals surface area (Å²) in [4.78, 5) is 0. The second-order valence-electron chi connectivity index (χ2n) is 3.90. The summed E-state index contributed by atoms with van der Waals surface area (Å²) in [6.07, 6.45) is 0. The monoisotopic (exact) mass is 482 g/mol. The van der Waals surface area contributed by atoms with E-state index in [-0.39, 0.29) is 0 Å². The Morgan fingerprint density at radius 1 is 0.950 bits per heavy atom. The van der Waals surface area contributed by atoms with Crippen molar-refractivity contribution in [3.63, 3.8) is 0 Å². The highest BCUT2D eigenvalue weighted by Gasteiger charge is 2.11. The average molecular weight is 485 g/mol. The van der Waals surface area contributed by atoms with Crippen LogP contribution < -0.4 is 9.47 Å². The Kier molecular flexibility index (Phi) is 5.78. The van der Waals surface area contributed by atoms with Gasteiger partial charge in [-0.1, -0.05) is 15.9 Å². The first kappa shape index (κ1) is 16.1. The van der Waals surface area contributed by atoms with Crippen molar-refractivity contribution in [2.45, 2.75) is 5.88 Å². The number of hydrogen-bond donors (Lipinski definition) is 0. The minimum Gasteiger partial charge on any atom is -0.496 e. The Morgan fingerprint density at radius 2 is 1.60 bits per heavy atom. The number of halogens is 4. The molecular formula is C14H10Br3ClO2. The van der Waals surface area contributed by atoms with Crippen molar-refractivity contribution >= 4 is 59.4 Å². The van der Waals surface area contributed by atoms with E-state index in [4.69, 9.17) is 21.1 Å². The van der Waals surface area contributed by atoms with E-state index >= 15 is 0 Å². The Hall–Kier alpha value is -0.230. The number of methoxy groups -OCH3 is 1. The highest BCUT2D eigenvalue weighted by atomic mass is 79.9. The maximum Gasteiger partial charge on any atom is 0.143 e. The molecule has 0 saturated carbocycles. The van der Waals surface area contributed by atoms with Gasteiger partial charge in [0.05, 0.1) is 21.9 Å². The summed E-state index contributed by atoms with van der Waals surface area (Å²) in [6, 6.07) is 9.43. The number of rotatable bonds is 4. The van der Waals surface area contributed by atoms with Crippen LogP contribution in [0.4, 0.5) is 0 Å². The lowest BCUT2D eigenvalue weighted by atomic mass is 10.2. The molecule has 20 heavy (non-hydrogen) atoms. The van der Waals surface area contributed by atoms with Gasteiger partial charge in [-0.05, 0) is 62.2 Å². The summed E-state index contributed by atoms with van der Waals surface area (Å²) >= 11 is 16.3. The second-order valence-corrected chi connectivity index (χ2v) is 6.80. The van der Waals surface area contributed by atoms with Crippen LogP contribution in [-0.4, -0.2) is 7.11 Å². The molecule has 0 aliphatic heterocycles. The molecule has 0 saturated heterocycles.